The van der Waals surface area contributed by atoms with Gasteiger partial charge >= 0.3 is 6.03 Å². The third kappa shape index (κ3) is 4.10. The van der Waals surface area contributed by atoms with Crippen molar-refractivity contribution in [1.29, 1.82) is 0 Å². The van der Waals surface area contributed by atoms with Crippen LogP contribution in [-0.2, 0) is 16.1 Å². The van der Waals surface area contributed by atoms with Crippen LogP contribution in [0.15, 0.2) is 24.5 Å². The summed E-state index contributed by atoms with van der Waals surface area (Å²) in [6.07, 6.45) is 7.91. The standard InChI is InChI=1S/C23H34N4O3/c1-18(2)5-11-27-22(29)26(17-19-4-3-10-24-16-19)21(28)23(27)8-12-25(13-9-23)20-6-14-30-15-7-20/h3-4,10,16,18,20H,5-9,11-15,17H2,1-2H3. The normalized spacial score (nSPS) is 23.2. The molecule has 3 saturated heterocycles. The third-order valence-corrected chi connectivity index (χ3v) is 6.95. The highest BCUT2D eigenvalue weighted by Gasteiger charge is 2.57. The Balaban J connectivity index is 1.52. The number of urea groups is 1. The molecule has 0 aliphatic carbocycles. The Hall–Kier alpha value is -1.99. The van der Waals surface area contributed by atoms with Gasteiger partial charge in [-0.25, -0.2) is 4.79 Å². The highest BCUT2D eigenvalue weighted by Crippen LogP contribution is 2.39. The summed E-state index contributed by atoms with van der Waals surface area (Å²) in [6.45, 7) is 8.64. The Bertz CT molecular complexity index is 740. The van der Waals surface area contributed by atoms with E-state index in [2.05, 4.69) is 23.7 Å². The van der Waals surface area contributed by atoms with Crippen LogP contribution in [-0.4, -0.2) is 76.1 Å². The predicted octanol–water partition coefficient (Wildman–Crippen LogP) is 2.91. The Morgan fingerprint density at radius 2 is 1.93 bits per heavy atom. The molecule has 0 radical (unpaired) electrons. The molecule has 0 unspecified atom stereocenters. The molecule has 0 N–H and O–H groups in total. The van der Waals surface area contributed by atoms with Crippen LogP contribution in [0.3, 0.4) is 0 Å². The van der Waals surface area contributed by atoms with E-state index in [9.17, 15) is 9.59 Å². The molecule has 4 rings (SSSR count). The molecular weight excluding hydrogens is 380 g/mol. The first kappa shape index (κ1) is 21.2. The first-order chi connectivity index (χ1) is 14.5. The number of rotatable bonds is 6. The molecule has 0 atom stereocenters. The molecule has 7 heteroatoms. The van der Waals surface area contributed by atoms with Crippen molar-refractivity contribution in [3.8, 4) is 0 Å². The van der Waals surface area contributed by atoms with Gasteiger partial charge in [-0.05, 0) is 49.7 Å². The van der Waals surface area contributed by atoms with Crippen molar-refractivity contribution in [2.45, 2.75) is 64.1 Å². The number of piperidine rings is 1. The molecule has 1 aromatic heterocycles. The van der Waals surface area contributed by atoms with E-state index in [1.165, 1.54) is 4.90 Å². The lowest BCUT2D eigenvalue weighted by molar-refractivity contribution is -0.136. The van der Waals surface area contributed by atoms with Gasteiger partial charge in [0.1, 0.15) is 5.54 Å². The van der Waals surface area contributed by atoms with Crippen molar-refractivity contribution in [3.05, 3.63) is 30.1 Å². The molecule has 4 heterocycles. The summed E-state index contributed by atoms with van der Waals surface area (Å²) in [5.74, 6) is 0.464. The van der Waals surface area contributed by atoms with E-state index in [0.717, 1.165) is 64.0 Å². The number of amides is 3. The third-order valence-electron chi connectivity index (χ3n) is 6.95. The number of hydrogen-bond donors (Lipinski definition) is 0. The molecular formula is C23H34N4O3. The monoisotopic (exact) mass is 414 g/mol. The van der Waals surface area contributed by atoms with E-state index >= 15 is 0 Å². The van der Waals surface area contributed by atoms with Gasteiger partial charge in [0.25, 0.3) is 5.91 Å². The number of pyridine rings is 1. The molecule has 164 valence electrons. The first-order valence-electron chi connectivity index (χ1n) is 11.4. The maximum absolute atomic E-state index is 13.6. The maximum Gasteiger partial charge on any atom is 0.327 e. The van der Waals surface area contributed by atoms with Crippen molar-refractivity contribution in [1.82, 2.24) is 19.7 Å². The van der Waals surface area contributed by atoms with Gasteiger partial charge in [-0.15, -0.1) is 0 Å². The molecule has 3 amide bonds. The van der Waals surface area contributed by atoms with Gasteiger partial charge in [0.15, 0.2) is 0 Å². The molecule has 0 saturated carbocycles. The summed E-state index contributed by atoms with van der Waals surface area (Å²) in [5.41, 5.74) is 0.204. The van der Waals surface area contributed by atoms with Gasteiger partial charge < -0.3 is 14.5 Å². The number of imide groups is 1. The average molecular weight is 415 g/mol. The fraction of sp³-hybridized carbons (Fsp3) is 0.696. The Morgan fingerprint density at radius 3 is 2.57 bits per heavy atom. The molecule has 3 aliphatic rings. The summed E-state index contributed by atoms with van der Waals surface area (Å²) < 4.78 is 5.51. The Morgan fingerprint density at radius 1 is 1.20 bits per heavy atom. The largest absolute Gasteiger partial charge is 0.381 e. The van der Waals surface area contributed by atoms with Crippen molar-refractivity contribution >= 4 is 11.9 Å². The number of ether oxygens (including phenoxy) is 1. The topological polar surface area (TPSA) is 66.0 Å². The summed E-state index contributed by atoms with van der Waals surface area (Å²) >= 11 is 0. The predicted molar refractivity (Wildman–Crippen MR) is 114 cm³/mol. The van der Waals surface area contributed by atoms with E-state index in [4.69, 9.17) is 4.74 Å². The van der Waals surface area contributed by atoms with Gasteiger partial charge in [0.05, 0.1) is 6.54 Å². The van der Waals surface area contributed by atoms with Gasteiger partial charge in [0.2, 0.25) is 0 Å². The first-order valence-corrected chi connectivity index (χ1v) is 11.4. The van der Waals surface area contributed by atoms with Crippen LogP contribution in [0.4, 0.5) is 4.79 Å². The highest BCUT2D eigenvalue weighted by molar-refractivity contribution is 6.07. The average Bonchev–Trinajstić information content (AvgIpc) is 2.95. The van der Waals surface area contributed by atoms with Crippen molar-refractivity contribution < 1.29 is 14.3 Å². The molecule has 1 aromatic rings. The van der Waals surface area contributed by atoms with Crippen LogP contribution in [0.2, 0.25) is 0 Å². The van der Waals surface area contributed by atoms with E-state index < -0.39 is 5.54 Å². The second kappa shape index (κ2) is 9.02. The lowest BCUT2D eigenvalue weighted by Crippen LogP contribution is -2.58. The fourth-order valence-corrected chi connectivity index (χ4v) is 5.09. The lowest BCUT2D eigenvalue weighted by atomic mass is 9.84. The van der Waals surface area contributed by atoms with Crippen molar-refractivity contribution in [2.24, 2.45) is 5.92 Å². The molecule has 3 fully saturated rings. The Kier molecular flexibility index (Phi) is 6.39. The number of carbonyl (C=O) groups excluding carboxylic acids is 2. The molecule has 1 spiro atoms. The van der Waals surface area contributed by atoms with Gasteiger partial charge in [-0.3, -0.25) is 14.7 Å². The SMILES string of the molecule is CC(C)CCN1C(=O)N(Cc2cccnc2)C(=O)C12CCN(C1CCOCC1)CC2. The summed E-state index contributed by atoms with van der Waals surface area (Å²) in [7, 11) is 0. The van der Waals surface area contributed by atoms with Gasteiger partial charge in [-0.1, -0.05) is 19.9 Å². The molecule has 0 aromatic carbocycles. The summed E-state index contributed by atoms with van der Waals surface area (Å²) in [4.78, 5) is 37.0. The number of hydrogen-bond acceptors (Lipinski definition) is 5. The van der Waals surface area contributed by atoms with Crippen molar-refractivity contribution in [3.63, 3.8) is 0 Å². The summed E-state index contributed by atoms with van der Waals surface area (Å²) in [6, 6.07) is 4.17. The number of aromatic nitrogens is 1. The van der Waals surface area contributed by atoms with Crippen LogP contribution in [0, 0.1) is 5.92 Å². The quantitative estimate of drug-likeness (QED) is 0.670. The number of likely N-dealkylation sites (tertiary alicyclic amines) is 1. The van der Waals surface area contributed by atoms with Crippen molar-refractivity contribution in [2.75, 3.05) is 32.8 Å². The second-order valence-electron chi connectivity index (χ2n) is 9.28. The van der Waals surface area contributed by atoms with E-state index in [1.807, 2.05) is 17.0 Å². The summed E-state index contributed by atoms with van der Waals surface area (Å²) in [5, 5.41) is 0. The lowest BCUT2D eigenvalue weighted by Gasteiger charge is -2.45. The van der Waals surface area contributed by atoms with Gasteiger partial charge in [-0.2, -0.15) is 0 Å². The van der Waals surface area contributed by atoms with E-state index in [0.29, 0.717) is 25.0 Å². The van der Waals surface area contributed by atoms with E-state index in [1.54, 1.807) is 12.4 Å². The second-order valence-corrected chi connectivity index (χ2v) is 9.28. The number of carbonyl (C=O) groups is 2. The maximum atomic E-state index is 13.6. The number of nitrogens with zero attached hydrogens (tertiary/aromatic N) is 4. The van der Waals surface area contributed by atoms with Gasteiger partial charge in [0, 0.05) is 51.3 Å². The zero-order valence-electron chi connectivity index (χ0n) is 18.3. The minimum absolute atomic E-state index is 0.0215. The van der Waals surface area contributed by atoms with E-state index in [-0.39, 0.29) is 11.9 Å². The van der Waals surface area contributed by atoms with Crippen LogP contribution in [0.1, 0.15) is 51.5 Å². The zero-order valence-corrected chi connectivity index (χ0v) is 18.3. The minimum atomic E-state index is -0.685. The smallest absolute Gasteiger partial charge is 0.327 e. The zero-order chi connectivity index (χ0) is 21.1. The molecule has 3 aliphatic heterocycles. The molecule has 0 bridgehead atoms. The molecule has 7 nitrogen and oxygen atoms in total. The van der Waals surface area contributed by atoms with Crippen LogP contribution in [0.25, 0.3) is 0 Å². The van der Waals surface area contributed by atoms with Crippen LogP contribution in [0.5, 0.6) is 0 Å². The van der Waals surface area contributed by atoms with Crippen LogP contribution < -0.4 is 0 Å². The Labute approximate surface area is 179 Å². The molecule has 30 heavy (non-hydrogen) atoms. The highest BCUT2D eigenvalue weighted by atomic mass is 16.5. The fourth-order valence-electron chi connectivity index (χ4n) is 5.09. The minimum Gasteiger partial charge on any atom is -0.381 e. The van der Waals surface area contributed by atoms with Crippen LogP contribution >= 0.6 is 0 Å².